The van der Waals surface area contributed by atoms with Crippen LogP contribution in [0.1, 0.15) is 5.56 Å². The van der Waals surface area contributed by atoms with Crippen LogP contribution in [0.4, 0.5) is 5.69 Å². The van der Waals surface area contributed by atoms with Gasteiger partial charge >= 0.3 is 5.97 Å². The van der Waals surface area contributed by atoms with Crippen LogP contribution in [-0.4, -0.2) is 31.2 Å². The predicted molar refractivity (Wildman–Crippen MR) is 78.7 cm³/mol. The van der Waals surface area contributed by atoms with Crippen molar-refractivity contribution in [1.29, 1.82) is 5.26 Å². The van der Waals surface area contributed by atoms with Gasteiger partial charge in [0.2, 0.25) is 0 Å². The zero-order chi connectivity index (χ0) is 16.4. The molecule has 0 amide bonds. The summed E-state index contributed by atoms with van der Waals surface area (Å²) in [7, 11) is 1.46. The number of esters is 1. The highest BCUT2D eigenvalue weighted by Crippen LogP contribution is 2.19. The van der Waals surface area contributed by atoms with Gasteiger partial charge in [0.1, 0.15) is 18.2 Å². The van der Waals surface area contributed by atoms with Crippen LogP contribution in [0.3, 0.4) is 0 Å². The molecule has 0 saturated heterocycles. The molecule has 114 valence electrons. The number of methoxy groups -OCH3 is 1. The molecule has 0 aliphatic heterocycles. The molecule has 0 spiro atoms. The van der Waals surface area contributed by atoms with E-state index in [0.717, 1.165) is 0 Å². The molecule has 1 aromatic rings. The van der Waals surface area contributed by atoms with Crippen molar-refractivity contribution < 1.29 is 19.2 Å². The number of benzene rings is 1. The number of hydrogen-bond donors (Lipinski definition) is 0. The lowest BCUT2D eigenvalue weighted by Crippen LogP contribution is -2.10. The Hall–Kier alpha value is -2.98. The van der Waals surface area contributed by atoms with Crippen molar-refractivity contribution in [2.75, 3.05) is 20.3 Å². The number of carbonyl (C=O) groups is 1. The summed E-state index contributed by atoms with van der Waals surface area (Å²) in [6, 6.07) is 7.85. The molecule has 0 bridgehead atoms. The minimum atomic E-state index is -0.772. The second-order valence-corrected chi connectivity index (χ2v) is 4.00. The lowest BCUT2D eigenvalue weighted by atomic mass is 10.1. The lowest BCUT2D eigenvalue weighted by molar-refractivity contribution is -0.385. The maximum Gasteiger partial charge on any atom is 0.348 e. The fraction of sp³-hybridized carbons (Fsp3) is 0.200. The summed E-state index contributed by atoms with van der Waals surface area (Å²) in [5, 5.41) is 19.7. The summed E-state index contributed by atoms with van der Waals surface area (Å²) in [6.45, 7) is 0.277. The Morgan fingerprint density at radius 2 is 2.14 bits per heavy atom. The van der Waals surface area contributed by atoms with E-state index in [1.54, 1.807) is 24.3 Å². The third-order valence-corrected chi connectivity index (χ3v) is 2.53. The van der Waals surface area contributed by atoms with Crippen molar-refractivity contribution in [3.05, 3.63) is 57.7 Å². The van der Waals surface area contributed by atoms with Crippen LogP contribution in [0, 0.1) is 21.4 Å². The number of allylic oxidation sites excluding steroid dienone is 2. The largest absolute Gasteiger partial charge is 0.459 e. The molecular formula is C15H14N2O5. The van der Waals surface area contributed by atoms with E-state index in [1.165, 1.54) is 31.4 Å². The van der Waals surface area contributed by atoms with Crippen molar-refractivity contribution in [1.82, 2.24) is 0 Å². The van der Waals surface area contributed by atoms with Crippen LogP contribution < -0.4 is 0 Å². The van der Waals surface area contributed by atoms with Gasteiger partial charge in [0.25, 0.3) is 5.69 Å². The number of nitriles is 1. The number of para-hydroxylation sites is 1. The number of carbonyl (C=O) groups excluding carboxylic acids is 1. The molecular weight excluding hydrogens is 288 g/mol. The first-order valence-electron chi connectivity index (χ1n) is 6.28. The minimum Gasteiger partial charge on any atom is -0.459 e. The monoisotopic (exact) mass is 302 g/mol. The van der Waals surface area contributed by atoms with E-state index in [2.05, 4.69) is 0 Å². The van der Waals surface area contributed by atoms with Gasteiger partial charge in [0.05, 0.1) is 17.1 Å². The topological polar surface area (TPSA) is 102 Å². The van der Waals surface area contributed by atoms with E-state index in [1.807, 2.05) is 0 Å². The average Bonchev–Trinajstić information content (AvgIpc) is 2.52. The molecule has 0 N–H and O–H groups in total. The molecule has 0 unspecified atom stereocenters. The Kier molecular flexibility index (Phi) is 7.02. The first kappa shape index (κ1) is 17.1. The minimum absolute atomic E-state index is 0.0439. The standard InChI is InChI=1S/C15H14N2O5/c1-21-9-10-22-15(18)13(11-16)7-4-6-12-5-2-3-8-14(12)17(19)20/h2-8H,9-10H2,1H3/b6-4+,13-7-. The normalized spacial score (nSPS) is 11.2. The molecule has 0 saturated carbocycles. The fourth-order valence-corrected chi connectivity index (χ4v) is 1.49. The third-order valence-electron chi connectivity index (χ3n) is 2.53. The molecule has 0 heterocycles. The zero-order valence-corrected chi connectivity index (χ0v) is 11.9. The summed E-state index contributed by atoms with van der Waals surface area (Å²) in [4.78, 5) is 21.9. The average molecular weight is 302 g/mol. The van der Waals surface area contributed by atoms with Crippen molar-refractivity contribution in [3.8, 4) is 6.07 Å². The number of ether oxygens (including phenoxy) is 2. The first-order valence-corrected chi connectivity index (χ1v) is 6.28. The number of hydrogen-bond acceptors (Lipinski definition) is 6. The van der Waals surface area contributed by atoms with Gasteiger partial charge < -0.3 is 9.47 Å². The molecule has 1 rings (SSSR count). The van der Waals surface area contributed by atoms with Gasteiger partial charge in [-0.3, -0.25) is 10.1 Å². The molecule has 22 heavy (non-hydrogen) atoms. The highest BCUT2D eigenvalue weighted by Gasteiger charge is 2.10. The summed E-state index contributed by atoms with van der Waals surface area (Å²) in [6.07, 6.45) is 4.07. The Balaban J connectivity index is 2.82. The van der Waals surface area contributed by atoms with Gasteiger partial charge in [-0.2, -0.15) is 5.26 Å². The summed E-state index contributed by atoms with van der Waals surface area (Å²) in [5.74, 6) is -0.772. The smallest absolute Gasteiger partial charge is 0.348 e. The molecule has 0 aromatic heterocycles. The Labute approximate surface area is 127 Å². The molecule has 7 nitrogen and oxygen atoms in total. The maximum atomic E-state index is 11.6. The van der Waals surface area contributed by atoms with Crippen LogP contribution in [0.2, 0.25) is 0 Å². The van der Waals surface area contributed by atoms with Crippen molar-refractivity contribution in [2.45, 2.75) is 0 Å². The Bertz CT molecular complexity index is 644. The van der Waals surface area contributed by atoms with Crippen molar-refractivity contribution in [3.63, 3.8) is 0 Å². The summed E-state index contributed by atoms with van der Waals surface area (Å²) in [5.41, 5.74) is 0.105. The van der Waals surface area contributed by atoms with Crippen molar-refractivity contribution >= 4 is 17.7 Å². The predicted octanol–water partition coefficient (Wildman–Crippen LogP) is 2.25. The van der Waals surface area contributed by atoms with E-state index in [4.69, 9.17) is 14.7 Å². The SMILES string of the molecule is COCCOC(=O)/C(C#N)=C\C=C\c1ccccc1[N+](=O)[O-]. The van der Waals surface area contributed by atoms with Crippen LogP contribution in [-0.2, 0) is 14.3 Å². The van der Waals surface area contributed by atoms with Gasteiger partial charge in [-0.15, -0.1) is 0 Å². The summed E-state index contributed by atoms with van der Waals surface area (Å²) >= 11 is 0. The van der Waals surface area contributed by atoms with Gasteiger partial charge in [-0.05, 0) is 18.2 Å². The number of nitro benzene ring substituents is 1. The molecule has 0 aliphatic carbocycles. The van der Waals surface area contributed by atoms with Gasteiger partial charge in [0.15, 0.2) is 0 Å². The van der Waals surface area contributed by atoms with Gasteiger partial charge in [0, 0.05) is 13.2 Å². The van der Waals surface area contributed by atoms with E-state index >= 15 is 0 Å². The van der Waals surface area contributed by atoms with Crippen LogP contribution in [0.5, 0.6) is 0 Å². The van der Waals surface area contributed by atoms with E-state index < -0.39 is 10.9 Å². The lowest BCUT2D eigenvalue weighted by Gasteiger charge is -2.01. The second-order valence-electron chi connectivity index (χ2n) is 4.00. The quantitative estimate of drug-likeness (QED) is 0.145. The zero-order valence-electron chi connectivity index (χ0n) is 11.9. The number of rotatable bonds is 7. The molecule has 0 fully saturated rings. The Morgan fingerprint density at radius 3 is 2.77 bits per heavy atom. The first-order chi connectivity index (χ1) is 10.6. The van der Waals surface area contributed by atoms with E-state index in [0.29, 0.717) is 5.56 Å². The van der Waals surface area contributed by atoms with Gasteiger partial charge in [-0.25, -0.2) is 4.79 Å². The molecule has 0 radical (unpaired) electrons. The Morgan fingerprint density at radius 1 is 1.41 bits per heavy atom. The van der Waals surface area contributed by atoms with Crippen molar-refractivity contribution in [2.24, 2.45) is 0 Å². The van der Waals surface area contributed by atoms with E-state index in [-0.39, 0.29) is 24.5 Å². The fourth-order valence-electron chi connectivity index (χ4n) is 1.49. The van der Waals surface area contributed by atoms with Crippen LogP contribution >= 0.6 is 0 Å². The van der Waals surface area contributed by atoms with Crippen LogP contribution in [0.15, 0.2) is 42.0 Å². The third kappa shape index (κ3) is 5.19. The number of nitrogens with zero attached hydrogens (tertiary/aromatic N) is 2. The molecule has 0 atom stereocenters. The highest BCUT2D eigenvalue weighted by atomic mass is 16.6. The van der Waals surface area contributed by atoms with Crippen LogP contribution in [0.25, 0.3) is 6.08 Å². The molecule has 0 aliphatic rings. The molecule has 7 heteroatoms. The maximum absolute atomic E-state index is 11.6. The number of nitro groups is 1. The van der Waals surface area contributed by atoms with Gasteiger partial charge in [-0.1, -0.05) is 18.2 Å². The molecule has 1 aromatic carbocycles. The summed E-state index contributed by atoms with van der Waals surface area (Å²) < 4.78 is 9.53. The van der Waals surface area contributed by atoms with E-state index in [9.17, 15) is 14.9 Å². The highest BCUT2D eigenvalue weighted by molar-refractivity contribution is 5.93. The second kappa shape index (κ2) is 9.05.